The second-order valence-corrected chi connectivity index (χ2v) is 5.12. The van der Waals surface area contributed by atoms with Gasteiger partial charge in [-0.2, -0.15) is 13.2 Å². The number of nitrogens with zero attached hydrogens (tertiary/aromatic N) is 2. The van der Waals surface area contributed by atoms with Crippen molar-refractivity contribution in [3.63, 3.8) is 0 Å². The fourth-order valence-corrected chi connectivity index (χ4v) is 1.92. The molecule has 0 saturated heterocycles. The highest BCUT2D eigenvalue weighted by atomic mass is 79.9. The molecule has 0 aliphatic heterocycles. The number of pyridine rings is 2. The zero-order chi connectivity index (χ0) is 14.8. The van der Waals surface area contributed by atoms with E-state index < -0.39 is 11.7 Å². The Kier molecular flexibility index (Phi) is 4.27. The van der Waals surface area contributed by atoms with Crippen LogP contribution in [0.1, 0.15) is 16.8 Å². The lowest BCUT2D eigenvalue weighted by atomic mass is 10.2. The number of nitrogens with one attached hydrogen (secondary N) is 1. The first-order valence-electron chi connectivity index (χ1n) is 5.74. The largest absolute Gasteiger partial charge is 0.419 e. The maximum absolute atomic E-state index is 12.9. The molecule has 0 spiro atoms. The summed E-state index contributed by atoms with van der Waals surface area (Å²) in [6, 6.07) is 4.61. The number of halogens is 4. The molecule has 2 aromatic rings. The van der Waals surface area contributed by atoms with Gasteiger partial charge in [-0.3, -0.25) is 4.98 Å². The third kappa shape index (κ3) is 3.69. The van der Waals surface area contributed by atoms with Gasteiger partial charge in [-0.15, -0.1) is 0 Å². The van der Waals surface area contributed by atoms with Gasteiger partial charge in [0.15, 0.2) is 0 Å². The van der Waals surface area contributed by atoms with Crippen LogP contribution in [0, 0.1) is 6.92 Å². The van der Waals surface area contributed by atoms with Crippen molar-refractivity contribution in [1.29, 1.82) is 0 Å². The minimum absolute atomic E-state index is 0.193. The van der Waals surface area contributed by atoms with Gasteiger partial charge in [0.2, 0.25) is 0 Å². The van der Waals surface area contributed by atoms with E-state index in [1.165, 1.54) is 6.20 Å². The number of aryl methyl sites for hydroxylation is 1. The molecular formula is C13H11BrF3N3. The van der Waals surface area contributed by atoms with E-state index >= 15 is 0 Å². The summed E-state index contributed by atoms with van der Waals surface area (Å²) in [4.78, 5) is 7.87. The molecule has 2 aromatic heterocycles. The zero-order valence-electron chi connectivity index (χ0n) is 10.5. The van der Waals surface area contributed by atoms with Gasteiger partial charge in [0.1, 0.15) is 5.82 Å². The molecule has 7 heteroatoms. The van der Waals surface area contributed by atoms with Gasteiger partial charge in [0.05, 0.1) is 5.56 Å². The molecule has 0 radical (unpaired) electrons. The van der Waals surface area contributed by atoms with Crippen molar-refractivity contribution in [3.8, 4) is 0 Å². The highest BCUT2D eigenvalue weighted by molar-refractivity contribution is 9.10. The van der Waals surface area contributed by atoms with Crippen LogP contribution in [0.3, 0.4) is 0 Å². The van der Waals surface area contributed by atoms with Gasteiger partial charge in [-0.25, -0.2) is 4.98 Å². The average Bonchev–Trinajstić information content (AvgIpc) is 2.38. The molecule has 20 heavy (non-hydrogen) atoms. The molecule has 0 aliphatic rings. The molecule has 2 heterocycles. The fourth-order valence-electron chi connectivity index (χ4n) is 1.59. The molecule has 106 valence electrons. The Hall–Kier alpha value is -1.63. The number of rotatable bonds is 3. The van der Waals surface area contributed by atoms with Crippen LogP contribution >= 0.6 is 15.9 Å². The summed E-state index contributed by atoms with van der Waals surface area (Å²) in [6.07, 6.45) is -1.51. The first-order chi connectivity index (χ1) is 9.36. The Morgan fingerprint density at radius 2 is 1.95 bits per heavy atom. The van der Waals surface area contributed by atoms with Crippen molar-refractivity contribution in [1.82, 2.24) is 9.97 Å². The Labute approximate surface area is 122 Å². The van der Waals surface area contributed by atoms with Crippen molar-refractivity contribution >= 4 is 21.7 Å². The van der Waals surface area contributed by atoms with E-state index in [9.17, 15) is 13.2 Å². The summed E-state index contributed by atoms with van der Waals surface area (Å²) >= 11 is 2.99. The van der Waals surface area contributed by atoms with Crippen LogP contribution < -0.4 is 5.32 Å². The maximum Gasteiger partial charge on any atom is 0.419 e. The maximum atomic E-state index is 12.9. The minimum Gasteiger partial charge on any atom is -0.365 e. The van der Waals surface area contributed by atoms with Gasteiger partial charge < -0.3 is 5.32 Å². The molecule has 0 amide bonds. The van der Waals surface area contributed by atoms with Crippen molar-refractivity contribution < 1.29 is 13.2 Å². The first kappa shape index (κ1) is 14.8. The van der Waals surface area contributed by atoms with E-state index in [2.05, 4.69) is 31.2 Å². The normalized spacial score (nSPS) is 11.4. The predicted octanol–water partition coefficient (Wildman–Crippen LogP) is 4.18. The number of hydrogen-bond acceptors (Lipinski definition) is 3. The smallest absolute Gasteiger partial charge is 0.365 e. The average molecular weight is 346 g/mol. The first-order valence-corrected chi connectivity index (χ1v) is 6.54. The van der Waals surface area contributed by atoms with Gasteiger partial charge >= 0.3 is 6.18 Å². The second-order valence-electron chi connectivity index (χ2n) is 4.21. The van der Waals surface area contributed by atoms with Gasteiger partial charge in [-0.1, -0.05) is 6.07 Å². The molecule has 0 saturated carbocycles. The molecule has 0 fully saturated rings. The molecule has 0 atom stereocenters. The third-order valence-electron chi connectivity index (χ3n) is 2.59. The van der Waals surface area contributed by atoms with E-state index in [1.807, 2.05) is 6.92 Å². The molecule has 0 aromatic carbocycles. The van der Waals surface area contributed by atoms with Crippen LogP contribution in [0.5, 0.6) is 0 Å². The molecule has 0 aliphatic carbocycles. The standard InChI is InChI=1S/C13H11BrF3N3/c1-8-2-3-9(5-18-8)6-19-12-11(13(15,16)17)4-10(14)7-20-12/h2-5,7H,6H2,1H3,(H,19,20). The fraction of sp³-hybridized carbons (Fsp3) is 0.231. The van der Waals surface area contributed by atoms with Gasteiger partial charge in [0.25, 0.3) is 0 Å². The number of aromatic nitrogens is 2. The molecule has 0 unspecified atom stereocenters. The van der Waals surface area contributed by atoms with Crippen LogP contribution in [0.25, 0.3) is 0 Å². The van der Waals surface area contributed by atoms with Crippen molar-refractivity contribution in [2.75, 3.05) is 5.32 Å². The third-order valence-corrected chi connectivity index (χ3v) is 3.03. The van der Waals surface area contributed by atoms with Crippen LogP contribution in [-0.2, 0) is 12.7 Å². The summed E-state index contributed by atoms with van der Waals surface area (Å²) in [5, 5.41) is 2.69. The highest BCUT2D eigenvalue weighted by Gasteiger charge is 2.34. The second kappa shape index (κ2) is 5.78. The summed E-state index contributed by atoms with van der Waals surface area (Å²) in [5.41, 5.74) is 0.840. The highest BCUT2D eigenvalue weighted by Crippen LogP contribution is 2.35. The number of alkyl halides is 3. The predicted molar refractivity (Wildman–Crippen MR) is 73.2 cm³/mol. The van der Waals surface area contributed by atoms with Crippen molar-refractivity contribution in [3.05, 3.63) is 51.9 Å². The molecule has 1 N–H and O–H groups in total. The van der Waals surface area contributed by atoms with Crippen LogP contribution in [0.4, 0.5) is 19.0 Å². The zero-order valence-corrected chi connectivity index (χ0v) is 12.1. The summed E-state index contributed by atoms with van der Waals surface area (Å²) in [7, 11) is 0. The van der Waals surface area contributed by atoms with Gasteiger partial charge in [0, 0.05) is 29.1 Å². The SMILES string of the molecule is Cc1ccc(CNc2ncc(Br)cc2C(F)(F)F)cn1. The van der Waals surface area contributed by atoms with E-state index in [0.29, 0.717) is 0 Å². The quantitative estimate of drug-likeness (QED) is 0.906. The van der Waals surface area contributed by atoms with E-state index in [0.717, 1.165) is 17.3 Å². The van der Waals surface area contributed by atoms with Crippen LogP contribution in [-0.4, -0.2) is 9.97 Å². The van der Waals surface area contributed by atoms with Crippen molar-refractivity contribution in [2.24, 2.45) is 0 Å². The minimum atomic E-state index is -4.45. The molecule has 2 rings (SSSR count). The summed E-state index contributed by atoms with van der Waals surface area (Å²) in [5.74, 6) is -0.193. The van der Waals surface area contributed by atoms with Crippen molar-refractivity contribution in [2.45, 2.75) is 19.6 Å². The lowest BCUT2D eigenvalue weighted by Crippen LogP contribution is -2.12. The lowest BCUT2D eigenvalue weighted by Gasteiger charge is -2.13. The van der Waals surface area contributed by atoms with E-state index in [4.69, 9.17) is 0 Å². The summed E-state index contributed by atoms with van der Waals surface area (Å²) < 4.78 is 39.0. The Balaban J connectivity index is 2.19. The monoisotopic (exact) mass is 345 g/mol. The van der Waals surface area contributed by atoms with Gasteiger partial charge in [-0.05, 0) is 40.5 Å². The number of anilines is 1. The van der Waals surface area contributed by atoms with E-state index in [1.54, 1.807) is 18.3 Å². The molecule has 3 nitrogen and oxygen atoms in total. The van der Waals surface area contributed by atoms with Crippen LogP contribution in [0.15, 0.2) is 35.1 Å². The topological polar surface area (TPSA) is 37.8 Å². The Morgan fingerprint density at radius 1 is 1.20 bits per heavy atom. The van der Waals surface area contributed by atoms with Crippen LogP contribution in [0.2, 0.25) is 0 Å². The Morgan fingerprint density at radius 3 is 2.55 bits per heavy atom. The number of hydrogen-bond donors (Lipinski definition) is 1. The molecular weight excluding hydrogens is 335 g/mol. The lowest BCUT2D eigenvalue weighted by molar-refractivity contribution is -0.137. The summed E-state index contributed by atoms with van der Waals surface area (Å²) in [6.45, 7) is 2.07. The molecule has 0 bridgehead atoms. The van der Waals surface area contributed by atoms with E-state index in [-0.39, 0.29) is 16.8 Å². The Bertz CT molecular complexity index is 597.